The highest BCUT2D eigenvalue weighted by atomic mass is 16.3. The first kappa shape index (κ1) is 10.4. The molecule has 82 valence electrons. The van der Waals surface area contributed by atoms with Gasteiger partial charge in [-0.05, 0) is 24.3 Å². The molecule has 5 nitrogen and oxygen atoms in total. The summed E-state index contributed by atoms with van der Waals surface area (Å²) in [5, 5.41) is 11.1. The highest BCUT2D eigenvalue weighted by molar-refractivity contribution is 5.91. The Kier molecular flexibility index (Phi) is 2.98. The fraction of sp³-hybridized carbons (Fsp3) is 0.0909. The minimum absolute atomic E-state index is 0.421. The van der Waals surface area contributed by atoms with Crippen molar-refractivity contribution >= 4 is 11.6 Å². The number of imidazole rings is 1. The molecular formula is C11H11N3O2. The normalized spacial score (nSPS) is 10.1. The third kappa shape index (κ3) is 2.26. The number of carbonyl (C=O) groups excluding carboxylic acids is 1. The van der Waals surface area contributed by atoms with Crippen LogP contribution in [0.4, 0.5) is 5.69 Å². The molecule has 2 aromatic rings. The van der Waals surface area contributed by atoms with Crippen molar-refractivity contribution in [2.24, 2.45) is 0 Å². The van der Waals surface area contributed by atoms with Crippen molar-refractivity contribution in [1.29, 1.82) is 0 Å². The van der Waals surface area contributed by atoms with Gasteiger partial charge in [-0.2, -0.15) is 0 Å². The number of aliphatic hydroxyl groups excluding tert-OH is 1. The molecule has 0 bridgehead atoms. The molecule has 0 unspecified atom stereocenters. The molecule has 0 aliphatic carbocycles. The molecule has 1 amide bonds. The van der Waals surface area contributed by atoms with E-state index in [2.05, 4.69) is 10.3 Å². The molecule has 2 rings (SSSR count). The summed E-state index contributed by atoms with van der Waals surface area (Å²) in [6, 6.07) is 7.25. The van der Waals surface area contributed by atoms with E-state index in [0.717, 1.165) is 5.69 Å². The van der Waals surface area contributed by atoms with Gasteiger partial charge in [-0.1, -0.05) is 0 Å². The van der Waals surface area contributed by atoms with Crippen molar-refractivity contribution in [3.63, 3.8) is 0 Å². The lowest BCUT2D eigenvalue weighted by atomic mass is 10.3. The van der Waals surface area contributed by atoms with Crippen LogP contribution >= 0.6 is 0 Å². The number of benzene rings is 1. The zero-order chi connectivity index (χ0) is 11.4. The van der Waals surface area contributed by atoms with Crippen LogP contribution < -0.4 is 5.32 Å². The SMILES string of the molecule is O=C(CO)Nc1ccc(-n2ccnc2)cc1. The summed E-state index contributed by atoms with van der Waals surface area (Å²) in [5.41, 5.74) is 1.61. The molecule has 0 aliphatic rings. The molecular weight excluding hydrogens is 206 g/mol. The van der Waals surface area contributed by atoms with Crippen molar-refractivity contribution in [1.82, 2.24) is 9.55 Å². The minimum atomic E-state index is -0.511. The fourth-order valence-electron chi connectivity index (χ4n) is 1.33. The molecule has 0 radical (unpaired) electrons. The van der Waals surface area contributed by atoms with E-state index in [0.29, 0.717) is 5.69 Å². The molecule has 0 fully saturated rings. The van der Waals surface area contributed by atoms with Crippen LogP contribution in [0.1, 0.15) is 0 Å². The van der Waals surface area contributed by atoms with Gasteiger partial charge in [0, 0.05) is 23.8 Å². The standard InChI is InChI=1S/C11H11N3O2/c15-7-11(16)13-9-1-3-10(4-2-9)14-6-5-12-8-14/h1-6,8,15H,7H2,(H,13,16). The maximum atomic E-state index is 10.9. The molecule has 1 aromatic carbocycles. The Balaban J connectivity index is 2.14. The van der Waals surface area contributed by atoms with E-state index >= 15 is 0 Å². The van der Waals surface area contributed by atoms with Crippen LogP contribution in [0.25, 0.3) is 5.69 Å². The maximum Gasteiger partial charge on any atom is 0.250 e. The molecule has 0 atom stereocenters. The quantitative estimate of drug-likeness (QED) is 0.799. The number of rotatable bonds is 3. The van der Waals surface area contributed by atoms with Crippen LogP contribution in [0.3, 0.4) is 0 Å². The molecule has 2 N–H and O–H groups in total. The van der Waals surface area contributed by atoms with Gasteiger partial charge >= 0.3 is 0 Å². The Morgan fingerprint density at radius 2 is 2.12 bits per heavy atom. The Morgan fingerprint density at radius 3 is 2.69 bits per heavy atom. The van der Waals surface area contributed by atoms with E-state index < -0.39 is 12.5 Å². The minimum Gasteiger partial charge on any atom is -0.387 e. The van der Waals surface area contributed by atoms with Gasteiger partial charge < -0.3 is 15.0 Å². The highest BCUT2D eigenvalue weighted by Gasteiger charge is 2.00. The third-order valence-electron chi connectivity index (χ3n) is 2.10. The van der Waals surface area contributed by atoms with Crippen molar-refractivity contribution in [3.8, 4) is 5.69 Å². The number of aliphatic hydroxyl groups is 1. The van der Waals surface area contributed by atoms with E-state index in [1.54, 1.807) is 24.7 Å². The smallest absolute Gasteiger partial charge is 0.250 e. The largest absolute Gasteiger partial charge is 0.387 e. The van der Waals surface area contributed by atoms with Crippen molar-refractivity contribution in [2.75, 3.05) is 11.9 Å². The van der Waals surface area contributed by atoms with Crippen LogP contribution in [0.5, 0.6) is 0 Å². The second-order valence-electron chi connectivity index (χ2n) is 3.22. The number of hydrogen-bond donors (Lipinski definition) is 2. The zero-order valence-corrected chi connectivity index (χ0v) is 8.50. The first-order chi connectivity index (χ1) is 7.79. The molecule has 5 heteroatoms. The number of nitrogens with zero attached hydrogens (tertiary/aromatic N) is 2. The lowest BCUT2D eigenvalue weighted by Gasteiger charge is -2.05. The Hall–Kier alpha value is -2.14. The summed E-state index contributed by atoms with van der Waals surface area (Å²) in [7, 11) is 0. The lowest BCUT2D eigenvalue weighted by molar-refractivity contribution is -0.118. The highest BCUT2D eigenvalue weighted by Crippen LogP contribution is 2.12. The lowest BCUT2D eigenvalue weighted by Crippen LogP contribution is -2.15. The Bertz CT molecular complexity index is 462. The van der Waals surface area contributed by atoms with Gasteiger partial charge in [-0.3, -0.25) is 4.79 Å². The zero-order valence-electron chi connectivity index (χ0n) is 8.50. The summed E-state index contributed by atoms with van der Waals surface area (Å²) >= 11 is 0. The van der Waals surface area contributed by atoms with E-state index in [1.165, 1.54) is 0 Å². The van der Waals surface area contributed by atoms with Crippen LogP contribution in [0.2, 0.25) is 0 Å². The summed E-state index contributed by atoms with van der Waals surface area (Å²) in [4.78, 5) is 14.9. The van der Waals surface area contributed by atoms with E-state index in [9.17, 15) is 4.79 Å². The summed E-state index contributed by atoms with van der Waals surface area (Å²) < 4.78 is 1.86. The Morgan fingerprint density at radius 1 is 1.38 bits per heavy atom. The predicted molar refractivity (Wildman–Crippen MR) is 59.3 cm³/mol. The van der Waals surface area contributed by atoms with E-state index in [4.69, 9.17) is 5.11 Å². The van der Waals surface area contributed by atoms with Crippen LogP contribution in [0.15, 0.2) is 43.0 Å². The number of aromatic nitrogens is 2. The molecule has 0 aliphatic heterocycles. The van der Waals surface area contributed by atoms with Crippen molar-refractivity contribution in [2.45, 2.75) is 0 Å². The maximum absolute atomic E-state index is 10.9. The monoisotopic (exact) mass is 217 g/mol. The molecule has 0 saturated heterocycles. The van der Waals surface area contributed by atoms with Crippen molar-refractivity contribution in [3.05, 3.63) is 43.0 Å². The van der Waals surface area contributed by atoms with Gasteiger partial charge in [0.2, 0.25) is 5.91 Å². The van der Waals surface area contributed by atoms with Gasteiger partial charge in [0.15, 0.2) is 0 Å². The second-order valence-corrected chi connectivity index (χ2v) is 3.22. The van der Waals surface area contributed by atoms with Gasteiger partial charge in [-0.15, -0.1) is 0 Å². The molecule has 0 spiro atoms. The predicted octanol–water partition coefficient (Wildman–Crippen LogP) is 0.803. The van der Waals surface area contributed by atoms with E-state index in [1.807, 2.05) is 22.9 Å². The van der Waals surface area contributed by atoms with Gasteiger partial charge in [0.05, 0.1) is 6.33 Å². The second kappa shape index (κ2) is 4.59. The van der Waals surface area contributed by atoms with Crippen LogP contribution in [-0.4, -0.2) is 27.2 Å². The van der Waals surface area contributed by atoms with Gasteiger partial charge in [-0.25, -0.2) is 4.98 Å². The average Bonchev–Trinajstić information content (AvgIpc) is 2.83. The van der Waals surface area contributed by atoms with E-state index in [-0.39, 0.29) is 0 Å². The first-order valence-electron chi connectivity index (χ1n) is 4.79. The van der Waals surface area contributed by atoms with Crippen molar-refractivity contribution < 1.29 is 9.90 Å². The summed E-state index contributed by atoms with van der Waals surface area (Å²) in [6.45, 7) is -0.511. The molecule has 0 saturated carbocycles. The molecule has 1 aromatic heterocycles. The Labute approximate surface area is 92.4 Å². The van der Waals surface area contributed by atoms with Gasteiger partial charge in [0.25, 0.3) is 0 Å². The number of carbonyl (C=O) groups is 1. The summed E-state index contributed by atoms with van der Waals surface area (Å²) in [6.07, 6.45) is 5.23. The fourth-order valence-corrected chi connectivity index (χ4v) is 1.33. The van der Waals surface area contributed by atoms with Crippen LogP contribution in [-0.2, 0) is 4.79 Å². The molecule has 1 heterocycles. The average molecular weight is 217 g/mol. The number of amides is 1. The van der Waals surface area contributed by atoms with Crippen LogP contribution in [0, 0.1) is 0 Å². The first-order valence-corrected chi connectivity index (χ1v) is 4.79. The summed E-state index contributed by atoms with van der Waals surface area (Å²) in [5.74, 6) is -0.421. The van der Waals surface area contributed by atoms with Gasteiger partial charge in [0.1, 0.15) is 6.61 Å². The third-order valence-corrected chi connectivity index (χ3v) is 2.10. The number of anilines is 1. The number of hydrogen-bond acceptors (Lipinski definition) is 3. The number of nitrogens with one attached hydrogen (secondary N) is 1. The molecule has 16 heavy (non-hydrogen) atoms. The topological polar surface area (TPSA) is 67.2 Å².